The second kappa shape index (κ2) is 5.53. The van der Waals surface area contributed by atoms with E-state index in [0.29, 0.717) is 12.8 Å². The van der Waals surface area contributed by atoms with Gasteiger partial charge in [0.05, 0.1) is 6.10 Å². The third kappa shape index (κ3) is 3.11. The van der Waals surface area contributed by atoms with Crippen LogP contribution in [0.3, 0.4) is 0 Å². The van der Waals surface area contributed by atoms with Crippen molar-refractivity contribution in [2.45, 2.75) is 25.2 Å². The average molecular weight is 274 g/mol. The summed E-state index contributed by atoms with van der Waals surface area (Å²) in [4.78, 5) is 23.7. The molecule has 18 heavy (non-hydrogen) atoms. The number of anilines is 1. The van der Waals surface area contributed by atoms with E-state index in [1.54, 1.807) is 0 Å². The fraction of sp³-hybridized carbons (Fsp3) is 0.556. The summed E-state index contributed by atoms with van der Waals surface area (Å²) < 4.78 is 21.8. The predicted octanol–water partition coefficient (Wildman–Crippen LogP) is 0.169. The quantitative estimate of drug-likeness (QED) is 0.751. The van der Waals surface area contributed by atoms with Crippen molar-refractivity contribution in [1.82, 2.24) is 9.55 Å². The number of nitrogen functional groups attached to an aromatic ring is 1. The van der Waals surface area contributed by atoms with Gasteiger partial charge in [-0.15, -0.1) is 9.42 Å². The average Bonchev–Trinajstić information content (AvgIpc) is 2.75. The Hall–Kier alpha value is -1.34. The zero-order chi connectivity index (χ0) is 13.1. The van der Waals surface area contributed by atoms with Gasteiger partial charge in [-0.25, -0.2) is 4.79 Å². The summed E-state index contributed by atoms with van der Waals surface area (Å²) in [6, 6.07) is 1.51. The van der Waals surface area contributed by atoms with Crippen LogP contribution in [0, 0.1) is 0 Å². The van der Waals surface area contributed by atoms with E-state index in [1.165, 1.54) is 16.8 Å². The molecule has 98 valence electrons. The molecule has 1 aliphatic rings. The monoisotopic (exact) mass is 274 g/mol. The van der Waals surface area contributed by atoms with Gasteiger partial charge in [-0.3, -0.25) is 4.57 Å². The van der Waals surface area contributed by atoms with Crippen molar-refractivity contribution in [3.05, 3.63) is 22.7 Å². The molecule has 2 rings (SSSR count). The van der Waals surface area contributed by atoms with Gasteiger partial charge in [-0.2, -0.15) is 4.98 Å². The summed E-state index contributed by atoms with van der Waals surface area (Å²) in [5.74, 6) is 0.159. The lowest BCUT2D eigenvalue weighted by Gasteiger charge is -2.14. The minimum atomic E-state index is -2.62. The van der Waals surface area contributed by atoms with Gasteiger partial charge in [0, 0.05) is 10.8 Å². The molecule has 1 aromatic rings. The van der Waals surface area contributed by atoms with Crippen molar-refractivity contribution in [1.29, 1.82) is 0 Å². The molecular formula is C9H13N3O5P+. The van der Waals surface area contributed by atoms with Crippen LogP contribution in [0.2, 0.25) is 0 Å². The SMILES string of the molecule is Nc1ccn([C@H]2CC[C@@H](CO[P+](=O)O)O2)c(=O)n1. The Morgan fingerprint density at radius 1 is 1.67 bits per heavy atom. The Morgan fingerprint density at radius 3 is 3.11 bits per heavy atom. The molecule has 1 unspecified atom stereocenters. The highest BCUT2D eigenvalue weighted by Gasteiger charge is 2.30. The molecule has 0 saturated carbocycles. The summed E-state index contributed by atoms with van der Waals surface area (Å²) in [5, 5.41) is 0. The van der Waals surface area contributed by atoms with Crippen molar-refractivity contribution in [2.24, 2.45) is 0 Å². The largest absolute Gasteiger partial charge is 0.694 e. The molecule has 3 atom stereocenters. The predicted molar refractivity (Wildman–Crippen MR) is 61.8 cm³/mol. The van der Waals surface area contributed by atoms with Crippen LogP contribution in [0.15, 0.2) is 17.1 Å². The van der Waals surface area contributed by atoms with Crippen LogP contribution in [0.5, 0.6) is 0 Å². The third-order valence-electron chi connectivity index (χ3n) is 2.62. The maximum absolute atomic E-state index is 11.6. The van der Waals surface area contributed by atoms with Crippen molar-refractivity contribution >= 4 is 14.1 Å². The maximum Gasteiger partial charge on any atom is 0.694 e. The van der Waals surface area contributed by atoms with E-state index in [4.69, 9.17) is 15.4 Å². The summed E-state index contributed by atoms with van der Waals surface area (Å²) >= 11 is 0. The van der Waals surface area contributed by atoms with Crippen molar-refractivity contribution in [2.75, 3.05) is 12.3 Å². The maximum atomic E-state index is 11.6. The van der Waals surface area contributed by atoms with Crippen LogP contribution >= 0.6 is 8.25 Å². The number of nitrogens with two attached hydrogens (primary N) is 1. The molecule has 3 N–H and O–H groups in total. The van der Waals surface area contributed by atoms with Crippen molar-refractivity contribution in [3.8, 4) is 0 Å². The van der Waals surface area contributed by atoms with Gasteiger partial charge in [-0.1, -0.05) is 0 Å². The Balaban J connectivity index is 2.00. The fourth-order valence-electron chi connectivity index (χ4n) is 1.81. The van der Waals surface area contributed by atoms with Crippen LogP contribution in [0.4, 0.5) is 5.82 Å². The Bertz CT molecular complexity index is 505. The first-order valence-corrected chi connectivity index (χ1v) is 6.48. The molecule has 0 bridgehead atoms. The van der Waals surface area contributed by atoms with Crippen LogP contribution in [0.1, 0.15) is 19.1 Å². The van der Waals surface area contributed by atoms with E-state index in [-0.39, 0.29) is 18.5 Å². The van der Waals surface area contributed by atoms with E-state index in [1.807, 2.05) is 0 Å². The number of rotatable bonds is 4. The van der Waals surface area contributed by atoms with E-state index in [2.05, 4.69) is 9.51 Å². The van der Waals surface area contributed by atoms with Gasteiger partial charge >= 0.3 is 13.9 Å². The molecule has 0 radical (unpaired) electrons. The number of nitrogens with zero attached hydrogens (tertiary/aromatic N) is 2. The molecule has 0 amide bonds. The molecule has 1 saturated heterocycles. The zero-order valence-corrected chi connectivity index (χ0v) is 10.3. The number of aromatic nitrogens is 2. The molecule has 1 aliphatic heterocycles. The second-order valence-corrected chi connectivity index (χ2v) is 4.60. The first-order valence-electron chi connectivity index (χ1n) is 5.35. The Kier molecular flexibility index (Phi) is 4.03. The Labute approximate surface area is 103 Å². The lowest BCUT2D eigenvalue weighted by Crippen LogP contribution is -2.27. The van der Waals surface area contributed by atoms with Crippen LogP contribution in [-0.2, 0) is 13.8 Å². The van der Waals surface area contributed by atoms with E-state index < -0.39 is 20.2 Å². The van der Waals surface area contributed by atoms with E-state index in [0.717, 1.165) is 0 Å². The highest BCUT2D eigenvalue weighted by molar-refractivity contribution is 7.32. The lowest BCUT2D eigenvalue weighted by atomic mass is 10.2. The molecule has 0 aliphatic carbocycles. The minimum Gasteiger partial charge on any atom is -0.383 e. The van der Waals surface area contributed by atoms with Crippen molar-refractivity contribution < 1.29 is 18.7 Å². The first-order chi connectivity index (χ1) is 8.56. The van der Waals surface area contributed by atoms with Crippen LogP contribution in [-0.4, -0.2) is 27.2 Å². The molecule has 0 aromatic carbocycles. The molecule has 1 fully saturated rings. The molecule has 2 heterocycles. The minimum absolute atomic E-state index is 0.0271. The molecule has 0 spiro atoms. The number of hydrogen-bond acceptors (Lipinski definition) is 6. The molecule has 1 aromatic heterocycles. The summed E-state index contributed by atoms with van der Waals surface area (Å²) in [5.41, 5.74) is 4.91. The zero-order valence-electron chi connectivity index (χ0n) is 9.43. The second-order valence-electron chi connectivity index (χ2n) is 3.87. The fourth-order valence-corrected chi connectivity index (χ4v) is 2.10. The number of ether oxygens (including phenoxy) is 1. The lowest BCUT2D eigenvalue weighted by molar-refractivity contribution is -0.0202. The van der Waals surface area contributed by atoms with E-state index >= 15 is 0 Å². The number of hydrogen-bond donors (Lipinski definition) is 2. The van der Waals surface area contributed by atoms with Gasteiger partial charge in [-0.05, 0) is 18.9 Å². The first kappa shape index (κ1) is 13.1. The highest BCUT2D eigenvalue weighted by Crippen LogP contribution is 2.29. The third-order valence-corrected chi connectivity index (χ3v) is 2.99. The summed E-state index contributed by atoms with van der Waals surface area (Å²) in [7, 11) is -2.62. The normalized spacial score (nSPS) is 24.2. The summed E-state index contributed by atoms with van der Waals surface area (Å²) in [6.07, 6.45) is 2.04. The molecular weight excluding hydrogens is 261 g/mol. The van der Waals surface area contributed by atoms with Crippen molar-refractivity contribution in [3.63, 3.8) is 0 Å². The Morgan fingerprint density at radius 2 is 2.44 bits per heavy atom. The van der Waals surface area contributed by atoms with E-state index in [9.17, 15) is 9.36 Å². The highest BCUT2D eigenvalue weighted by atomic mass is 31.1. The van der Waals surface area contributed by atoms with Gasteiger partial charge in [0.15, 0.2) is 0 Å². The van der Waals surface area contributed by atoms with Crippen LogP contribution < -0.4 is 11.4 Å². The van der Waals surface area contributed by atoms with Gasteiger partial charge < -0.3 is 10.5 Å². The smallest absolute Gasteiger partial charge is 0.383 e. The van der Waals surface area contributed by atoms with Gasteiger partial charge in [0.2, 0.25) is 0 Å². The molecule has 9 heteroatoms. The van der Waals surface area contributed by atoms with Crippen LogP contribution in [0.25, 0.3) is 0 Å². The molecule has 8 nitrogen and oxygen atoms in total. The van der Waals surface area contributed by atoms with Gasteiger partial charge in [0.1, 0.15) is 18.7 Å². The topological polar surface area (TPSA) is 117 Å². The summed E-state index contributed by atoms with van der Waals surface area (Å²) in [6.45, 7) is 0.0271. The standard InChI is InChI=1S/C9H12N3O5P/c10-7-3-4-12(9(13)11-7)8-2-1-6(17-8)5-16-18(14)15/h3-4,6,8H,1-2,5H2,(H2-,10,11,13,14,15)/p+1/t6-,8+/m0/s1. The van der Waals surface area contributed by atoms with Gasteiger partial charge in [0.25, 0.3) is 0 Å².